The monoisotopic (exact) mass is 403 g/mol. The largest absolute Gasteiger partial charge is 0.303 e. The van der Waals surface area contributed by atoms with Crippen LogP contribution in [-0.2, 0) is 11.2 Å². The van der Waals surface area contributed by atoms with E-state index in [9.17, 15) is 4.79 Å². The summed E-state index contributed by atoms with van der Waals surface area (Å²) in [6.07, 6.45) is 5.86. The van der Waals surface area contributed by atoms with Gasteiger partial charge in [0, 0.05) is 6.21 Å². The number of rotatable bonds is 5. The Balaban J connectivity index is 1.56. The van der Waals surface area contributed by atoms with Gasteiger partial charge in [-0.3, -0.25) is 4.79 Å². The van der Waals surface area contributed by atoms with Crippen molar-refractivity contribution in [3.05, 3.63) is 75.8 Å². The van der Waals surface area contributed by atoms with Crippen LogP contribution >= 0.6 is 35.0 Å². The Morgan fingerprint density at radius 3 is 2.69 bits per heavy atom. The first kappa shape index (κ1) is 18.7. The molecule has 7 heteroatoms. The van der Waals surface area contributed by atoms with Gasteiger partial charge in [0.15, 0.2) is 5.17 Å². The van der Waals surface area contributed by atoms with Gasteiger partial charge in [-0.1, -0.05) is 77.4 Å². The standard InChI is InChI=1S/C19H15Cl2N3OS/c20-15-9-8-14(11-16(15)21)12-17-18(25)23-19(26-17)24-22-10-4-7-13-5-2-1-3-6-13/h1-11,17H,12H2,(H,23,24,25)/b7-4+,22-10+. The molecule has 0 aliphatic carbocycles. The molecular weight excluding hydrogens is 389 g/mol. The van der Waals surface area contributed by atoms with Gasteiger partial charge in [-0.25, -0.2) is 0 Å². The highest BCUT2D eigenvalue weighted by Crippen LogP contribution is 2.27. The lowest BCUT2D eigenvalue weighted by Crippen LogP contribution is -2.25. The van der Waals surface area contributed by atoms with E-state index in [0.29, 0.717) is 21.6 Å². The minimum Gasteiger partial charge on any atom is -0.303 e. The number of hydrogen-bond acceptors (Lipinski definition) is 4. The molecule has 0 radical (unpaired) electrons. The van der Waals surface area contributed by atoms with Crippen molar-refractivity contribution < 1.29 is 4.79 Å². The van der Waals surface area contributed by atoms with Crippen LogP contribution in [0.3, 0.4) is 0 Å². The third-order valence-corrected chi connectivity index (χ3v) is 5.38. The van der Waals surface area contributed by atoms with Gasteiger partial charge in [0.2, 0.25) is 5.91 Å². The molecule has 1 fully saturated rings. The summed E-state index contributed by atoms with van der Waals surface area (Å²) >= 11 is 13.3. The second-order valence-electron chi connectivity index (χ2n) is 5.49. The number of amidine groups is 1. The molecule has 1 unspecified atom stereocenters. The third kappa shape index (κ3) is 5.21. The Bertz CT molecular complexity index is 882. The number of nitrogens with one attached hydrogen (secondary N) is 1. The molecule has 2 aromatic carbocycles. The zero-order valence-corrected chi connectivity index (χ0v) is 15.9. The van der Waals surface area contributed by atoms with E-state index in [1.807, 2.05) is 42.5 Å². The van der Waals surface area contributed by atoms with E-state index in [0.717, 1.165) is 11.1 Å². The molecule has 1 saturated heterocycles. The number of amides is 1. The van der Waals surface area contributed by atoms with Crippen LogP contribution in [0.2, 0.25) is 10.0 Å². The minimum absolute atomic E-state index is 0.0881. The van der Waals surface area contributed by atoms with Crippen LogP contribution in [0.5, 0.6) is 0 Å². The second kappa shape index (κ2) is 9.03. The van der Waals surface area contributed by atoms with Crippen molar-refractivity contribution in [2.24, 2.45) is 10.2 Å². The third-order valence-electron chi connectivity index (χ3n) is 3.57. The van der Waals surface area contributed by atoms with Gasteiger partial charge in [-0.15, -0.1) is 5.10 Å². The average Bonchev–Trinajstić information content (AvgIpc) is 2.98. The Kier molecular flexibility index (Phi) is 6.50. The predicted molar refractivity (Wildman–Crippen MR) is 111 cm³/mol. The lowest BCUT2D eigenvalue weighted by atomic mass is 10.1. The van der Waals surface area contributed by atoms with Gasteiger partial charge in [-0.2, -0.15) is 5.10 Å². The van der Waals surface area contributed by atoms with Crippen LogP contribution < -0.4 is 5.32 Å². The van der Waals surface area contributed by atoms with E-state index in [1.165, 1.54) is 11.8 Å². The number of hydrogen-bond donors (Lipinski definition) is 1. The SMILES string of the molecule is O=C1N/C(=N/N=C/C=C/c2ccccc2)SC1Cc1ccc(Cl)c(Cl)c1. The van der Waals surface area contributed by atoms with Gasteiger partial charge in [0.1, 0.15) is 0 Å². The van der Waals surface area contributed by atoms with E-state index < -0.39 is 0 Å². The quantitative estimate of drug-likeness (QED) is 0.574. The van der Waals surface area contributed by atoms with Crippen molar-refractivity contribution in [2.75, 3.05) is 0 Å². The van der Waals surface area contributed by atoms with Crippen LogP contribution in [0, 0.1) is 0 Å². The maximum atomic E-state index is 12.1. The molecule has 1 N–H and O–H groups in total. The number of allylic oxidation sites excluding steroid dienone is 1. The summed E-state index contributed by atoms with van der Waals surface area (Å²) in [6.45, 7) is 0. The van der Waals surface area contributed by atoms with Gasteiger partial charge in [-0.05, 0) is 35.8 Å². The fourth-order valence-corrected chi connectivity index (χ4v) is 3.60. The number of carbonyl (C=O) groups is 1. The van der Waals surface area contributed by atoms with Crippen molar-refractivity contribution in [3.63, 3.8) is 0 Å². The van der Waals surface area contributed by atoms with Crippen LogP contribution in [0.25, 0.3) is 6.08 Å². The topological polar surface area (TPSA) is 53.8 Å². The van der Waals surface area contributed by atoms with Crippen LogP contribution in [-0.4, -0.2) is 22.5 Å². The van der Waals surface area contributed by atoms with Crippen LogP contribution in [0.1, 0.15) is 11.1 Å². The molecule has 1 amide bonds. The number of halogens is 2. The summed E-state index contributed by atoms with van der Waals surface area (Å²) < 4.78 is 0. The van der Waals surface area contributed by atoms with E-state index in [2.05, 4.69) is 15.5 Å². The van der Waals surface area contributed by atoms with Gasteiger partial charge in [0.25, 0.3) is 0 Å². The molecule has 26 heavy (non-hydrogen) atoms. The number of benzene rings is 2. The van der Waals surface area contributed by atoms with E-state index in [-0.39, 0.29) is 11.2 Å². The Morgan fingerprint density at radius 2 is 1.92 bits per heavy atom. The van der Waals surface area contributed by atoms with Crippen molar-refractivity contribution in [1.82, 2.24) is 5.32 Å². The highest BCUT2D eigenvalue weighted by atomic mass is 35.5. The van der Waals surface area contributed by atoms with Crippen molar-refractivity contribution >= 4 is 58.3 Å². The second-order valence-corrected chi connectivity index (χ2v) is 7.49. The fourth-order valence-electron chi connectivity index (χ4n) is 2.31. The van der Waals surface area contributed by atoms with Crippen molar-refractivity contribution in [3.8, 4) is 0 Å². The molecular formula is C19H15Cl2N3OS. The van der Waals surface area contributed by atoms with Gasteiger partial charge < -0.3 is 5.32 Å². The first-order valence-electron chi connectivity index (χ1n) is 7.86. The summed E-state index contributed by atoms with van der Waals surface area (Å²) in [5, 5.41) is 12.0. The Labute approximate surface area is 166 Å². The molecule has 1 heterocycles. The highest BCUT2D eigenvalue weighted by molar-refractivity contribution is 8.15. The molecule has 0 saturated carbocycles. The molecule has 0 bridgehead atoms. The first-order chi connectivity index (χ1) is 12.6. The number of thioether (sulfide) groups is 1. The van der Waals surface area contributed by atoms with E-state index in [4.69, 9.17) is 23.2 Å². The zero-order valence-electron chi connectivity index (χ0n) is 13.6. The molecule has 2 aromatic rings. The van der Waals surface area contributed by atoms with Crippen LogP contribution in [0.15, 0.2) is 64.8 Å². The Morgan fingerprint density at radius 1 is 1.12 bits per heavy atom. The first-order valence-corrected chi connectivity index (χ1v) is 9.49. The molecule has 1 aliphatic heterocycles. The summed E-state index contributed by atoms with van der Waals surface area (Å²) in [5.74, 6) is -0.0881. The maximum Gasteiger partial charge on any atom is 0.239 e. The van der Waals surface area contributed by atoms with Gasteiger partial charge >= 0.3 is 0 Å². The maximum absolute atomic E-state index is 12.1. The highest BCUT2D eigenvalue weighted by Gasteiger charge is 2.30. The number of nitrogens with zero attached hydrogens (tertiary/aromatic N) is 2. The normalized spacial score (nSPS) is 18.9. The lowest BCUT2D eigenvalue weighted by molar-refractivity contribution is -0.118. The summed E-state index contributed by atoms with van der Waals surface area (Å²) in [6, 6.07) is 15.3. The molecule has 3 rings (SSSR count). The van der Waals surface area contributed by atoms with Crippen LogP contribution in [0.4, 0.5) is 0 Å². The van der Waals surface area contributed by atoms with Crippen molar-refractivity contribution in [2.45, 2.75) is 11.7 Å². The molecule has 132 valence electrons. The minimum atomic E-state index is -0.263. The lowest BCUT2D eigenvalue weighted by Gasteiger charge is -2.06. The summed E-state index contributed by atoms with van der Waals surface area (Å²) in [4.78, 5) is 12.1. The van der Waals surface area contributed by atoms with E-state index in [1.54, 1.807) is 24.4 Å². The molecule has 0 spiro atoms. The van der Waals surface area contributed by atoms with E-state index >= 15 is 0 Å². The predicted octanol–water partition coefficient (Wildman–Crippen LogP) is 4.82. The zero-order chi connectivity index (χ0) is 18.4. The van der Waals surface area contributed by atoms with Gasteiger partial charge in [0.05, 0.1) is 15.3 Å². The average molecular weight is 404 g/mol. The smallest absolute Gasteiger partial charge is 0.239 e. The Hall–Kier alpha value is -2.08. The summed E-state index contributed by atoms with van der Waals surface area (Å²) in [7, 11) is 0. The fraction of sp³-hybridized carbons (Fsp3) is 0.105. The molecule has 4 nitrogen and oxygen atoms in total. The number of carbonyl (C=O) groups excluding carboxylic acids is 1. The van der Waals surface area contributed by atoms with Crippen molar-refractivity contribution in [1.29, 1.82) is 0 Å². The molecule has 1 aliphatic rings. The summed E-state index contributed by atoms with van der Waals surface area (Å²) in [5.41, 5.74) is 2.03. The molecule has 1 atom stereocenters. The molecule has 0 aromatic heterocycles.